The van der Waals surface area contributed by atoms with Gasteiger partial charge in [-0.25, -0.2) is 0 Å². The molecule has 0 aliphatic carbocycles. The van der Waals surface area contributed by atoms with E-state index >= 15 is 0 Å². The summed E-state index contributed by atoms with van der Waals surface area (Å²) in [5.74, 6) is -0.877. The predicted octanol–water partition coefficient (Wildman–Crippen LogP) is 23.2. The molecule has 0 saturated carbocycles. The minimum absolute atomic E-state index is 0.0782. The van der Waals surface area contributed by atoms with Crippen LogP contribution in [0.3, 0.4) is 0 Å². The van der Waals surface area contributed by atoms with Gasteiger partial charge < -0.3 is 14.2 Å². The molecule has 0 aromatic carbocycles. The summed E-state index contributed by atoms with van der Waals surface area (Å²) in [5, 5.41) is 0. The number of hydrogen-bond donors (Lipinski definition) is 0. The Morgan fingerprint density at radius 3 is 0.772 bits per heavy atom. The Morgan fingerprint density at radius 2 is 0.494 bits per heavy atom. The van der Waals surface area contributed by atoms with Crippen molar-refractivity contribution in [3.8, 4) is 0 Å². The summed E-state index contributed by atoms with van der Waals surface area (Å²) in [6, 6.07) is 0. The van der Waals surface area contributed by atoms with Gasteiger partial charge in [-0.05, 0) is 103 Å². The lowest BCUT2D eigenvalue weighted by molar-refractivity contribution is -0.167. The van der Waals surface area contributed by atoms with Gasteiger partial charge in [0.25, 0.3) is 0 Å². The molecule has 0 heterocycles. The molecule has 0 bridgehead atoms. The molecule has 0 amide bonds. The second-order valence-electron chi connectivity index (χ2n) is 22.4. The Balaban J connectivity index is 4.28. The normalized spacial score (nSPS) is 12.7. The van der Waals surface area contributed by atoms with Crippen LogP contribution < -0.4 is 0 Å². The maximum absolute atomic E-state index is 12.9. The highest BCUT2D eigenvalue weighted by molar-refractivity contribution is 5.71. The van der Waals surface area contributed by atoms with Crippen molar-refractivity contribution >= 4 is 17.9 Å². The number of carbonyl (C=O) groups is 3. The van der Waals surface area contributed by atoms with Crippen LogP contribution >= 0.6 is 0 Å². The largest absolute Gasteiger partial charge is 0.462 e. The van der Waals surface area contributed by atoms with Crippen LogP contribution in [0.4, 0.5) is 0 Å². The van der Waals surface area contributed by atoms with Crippen LogP contribution in [0.2, 0.25) is 0 Å². The standard InChI is InChI=1S/C73H126O6/c1-4-7-10-13-16-19-22-24-26-28-30-32-34-36-38-40-42-44-46-48-51-54-57-60-63-66-72(75)78-69-70(68-77-71(74)65-62-59-56-53-50-21-18-15-12-9-6-3)79-73(76)67-64-61-58-55-52-49-47-45-43-41-39-37-35-33-31-29-27-25-23-20-17-14-11-8-5-2/h7,10,16,19,23-26,29-32,35-38,70H,4-6,8-9,11-15,17-18,20-22,27-28,33-34,39-69H2,1-3H3/b10-7-,19-16-,25-23-,26-24-,31-29-,32-30-,37-35-,38-36-. The van der Waals surface area contributed by atoms with E-state index in [9.17, 15) is 14.4 Å². The van der Waals surface area contributed by atoms with Crippen LogP contribution in [-0.4, -0.2) is 37.2 Å². The molecule has 0 fully saturated rings. The number of carbonyl (C=O) groups excluding carboxylic acids is 3. The summed E-state index contributed by atoms with van der Waals surface area (Å²) in [4.78, 5) is 38.3. The minimum atomic E-state index is -0.782. The lowest BCUT2D eigenvalue weighted by atomic mass is 10.0. The third-order valence-electron chi connectivity index (χ3n) is 14.6. The van der Waals surface area contributed by atoms with Crippen LogP contribution in [0.1, 0.15) is 329 Å². The number of unbranched alkanes of at least 4 members (excludes halogenated alkanes) is 34. The highest BCUT2D eigenvalue weighted by Gasteiger charge is 2.19. The van der Waals surface area contributed by atoms with Gasteiger partial charge in [0.1, 0.15) is 13.2 Å². The average molecular weight is 1100 g/mol. The van der Waals surface area contributed by atoms with E-state index in [-0.39, 0.29) is 31.1 Å². The molecular formula is C73H126O6. The van der Waals surface area contributed by atoms with Gasteiger partial charge in [-0.2, -0.15) is 0 Å². The molecule has 0 aromatic rings. The number of ether oxygens (including phenoxy) is 3. The van der Waals surface area contributed by atoms with Gasteiger partial charge in [-0.1, -0.05) is 304 Å². The monoisotopic (exact) mass is 1100 g/mol. The van der Waals surface area contributed by atoms with Crippen LogP contribution in [0.15, 0.2) is 97.2 Å². The van der Waals surface area contributed by atoms with E-state index in [4.69, 9.17) is 14.2 Å². The molecule has 0 aliphatic rings. The molecule has 454 valence electrons. The van der Waals surface area contributed by atoms with Crippen LogP contribution in [0.5, 0.6) is 0 Å². The molecule has 1 unspecified atom stereocenters. The summed E-state index contributed by atoms with van der Waals surface area (Å²) in [7, 11) is 0. The smallest absolute Gasteiger partial charge is 0.306 e. The zero-order valence-corrected chi connectivity index (χ0v) is 52.1. The first-order valence-corrected chi connectivity index (χ1v) is 33.7. The lowest BCUT2D eigenvalue weighted by Crippen LogP contribution is -2.30. The third-order valence-corrected chi connectivity index (χ3v) is 14.6. The van der Waals surface area contributed by atoms with Crippen LogP contribution in [0.25, 0.3) is 0 Å². The maximum atomic E-state index is 12.9. The van der Waals surface area contributed by atoms with Gasteiger partial charge in [0.05, 0.1) is 0 Å². The highest BCUT2D eigenvalue weighted by atomic mass is 16.6. The summed E-state index contributed by atoms with van der Waals surface area (Å²) in [6.07, 6.45) is 89.9. The van der Waals surface area contributed by atoms with E-state index in [0.717, 1.165) is 109 Å². The van der Waals surface area contributed by atoms with Crippen molar-refractivity contribution in [3.63, 3.8) is 0 Å². The second kappa shape index (κ2) is 66.8. The Morgan fingerprint density at radius 1 is 0.266 bits per heavy atom. The summed E-state index contributed by atoms with van der Waals surface area (Å²) >= 11 is 0. The Labute approximate surface area is 489 Å². The predicted molar refractivity (Wildman–Crippen MR) is 344 cm³/mol. The fourth-order valence-corrected chi connectivity index (χ4v) is 9.54. The molecule has 0 radical (unpaired) electrons. The molecular weight excluding hydrogens is 973 g/mol. The summed E-state index contributed by atoms with van der Waals surface area (Å²) in [5.41, 5.74) is 0. The van der Waals surface area contributed by atoms with Gasteiger partial charge in [0, 0.05) is 19.3 Å². The molecule has 0 rings (SSSR count). The van der Waals surface area contributed by atoms with Gasteiger partial charge in [-0.3, -0.25) is 14.4 Å². The number of hydrogen-bond acceptors (Lipinski definition) is 6. The zero-order chi connectivity index (χ0) is 57.1. The molecule has 0 spiro atoms. The van der Waals surface area contributed by atoms with Crippen molar-refractivity contribution in [1.29, 1.82) is 0 Å². The van der Waals surface area contributed by atoms with Gasteiger partial charge >= 0.3 is 17.9 Å². The molecule has 0 aromatic heterocycles. The molecule has 0 saturated heterocycles. The SMILES string of the molecule is CC/C=C\C/C=C\C/C=C\C/C=C\C/C=C\CCCCCCCCCCCC(=O)OCC(COC(=O)CCCCCCCCCCCCC)OC(=O)CCCCCCCCCCCC/C=C\C/C=C\C/C=C\CCCCCCC. The lowest BCUT2D eigenvalue weighted by Gasteiger charge is -2.18. The molecule has 6 heteroatoms. The van der Waals surface area contributed by atoms with E-state index in [2.05, 4.69) is 118 Å². The molecule has 1 atom stereocenters. The Hall–Kier alpha value is -3.67. The quantitative estimate of drug-likeness (QED) is 0.0261. The first-order chi connectivity index (χ1) is 39.0. The number of esters is 3. The molecule has 0 N–H and O–H groups in total. The minimum Gasteiger partial charge on any atom is -0.462 e. The first kappa shape index (κ1) is 75.3. The molecule has 6 nitrogen and oxygen atoms in total. The summed E-state index contributed by atoms with van der Waals surface area (Å²) in [6.45, 7) is 6.53. The van der Waals surface area contributed by atoms with Crippen molar-refractivity contribution in [3.05, 3.63) is 97.2 Å². The third kappa shape index (κ3) is 65.0. The van der Waals surface area contributed by atoms with Crippen molar-refractivity contribution in [2.75, 3.05) is 13.2 Å². The Kier molecular flexibility index (Phi) is 63.7. The summed E-state index contributed by atoms with van der Waals surface area (Å²) < 4.78 is 16.9. The topological polar surface area (TPSA) is 78.9 Å². The second-order valence-corrected chi connectivity index (χ2v) is 22.4. The van der Waals surface area contributed by atoms with Crippen LogP contribution in [0, 0.1) is 0 Å². The van der Waals surface area contributed by atoms with E-state index in [1.807, 2.05) is 0 Å². The van der Waals surface area contributed by atoms with E-state index in [1.54, 1.807) is 0 Å². The van der Waals surface area contributed by atoms with E-state index < -0.39 is 6.10 Å². The van der Waals surface area contributed by atoms with E-state index in [1.165, 1.54) is 180 Å². The van der Waals surface area contributed by atoms with Crippen molar-refractivity contribution in [1.82, 2.24) is 0 Å². The highest BCUT2D eigenvalue weighted by Crippen LogP contribution is 2.17. The molecule has 0 aliphatic heterocycles. The number of allylic oxidation sites excluding steroid dienone is 16. The van der Waals surface area contributed by atoms with Gasteiger partial charge in [-0.15, -0.1) is 0 Å². The fraction of sp³-hybridized carbons (Fsp3) is 0.740. The van der Waals surface area contributed by atoms with Gasteiger partial charge in [0.15, 0.2) is 6.10 Å². The fourth-order valence-electron chi connectivity index (χ4n) is 9.54. The van der Waals surface area contributed by atoms with Crippen molar-refractivity contribution in [2.45, 2.75) is 335 Å². The maximum Gasteiger partial charge on any atom is 0.306 e. The van der Waals surface area contributed by atoms with Crippen LogP contribution in [-0.2, 0) is 28.6 Å². The van der Waals surface area contributed by atoms with Crippen molar-refractivity contribution in [2.24, 2.45) is 0 Å². The van der Waals surface area contributed by atoms with Crippen molar-refractivity contribution < 1.29 is 28.6 Å². The Bertz CT molecular complexity index is 1540. The average Bonchev–Trinajstić information content (AvgIpc) is 3.45. The van der Waals surface area contributed by atoms with Gasteiger partial charge in [0.2, 0.25) is 0 Å². The zero-order valence-electron chi connectivity index (χ0n) is 52.1. The molecule has 79 heavy (non-hydrogen) atoms. The number of rotatable bonds is 61. The first-order valence-electron chi connectivity index (χ1n) is 33.7. The van der Waals surface area contributed by atoms with E-state index in [0.29, 0.717) is 19.3 Å².